The molecule has 1 N–H and O–H groups in total. The Hall–Kier alpha value is -0.610. The van der Waals surface area contributed by atoms with Crippen molar-refractivity contribution in [2.24, 2.45) is 5.92 Å². The molecule has 0 aromatic heterocycles. The highest BCUT2D eigenvalue weighted by Gasteiger charge is 2.36. The molecule has 2 fully saturated rings. The monoisotopic (exact) mass is 241 g/mol. The lowest BCUT2D eigenvalue weighted by Crippen LogP contribution is -2.39. The summed E-state index contributed by atoms with van der Waals surface area (Å²) in [4.78, 5) is 13.3. The zero-order chi connectivity index (χ0) is 12.3. The van der Waals surface area contributed by atoms with Gasteiger partial charge in [0.2, 0.25) is 0 Å². The molecular weight excluding hydrogens is 218 g/mol. The van der Waals surface area contributed by atoms with E-state index in [9.17, 15) is 9.90 Å². The molecule has 0 spiro atoms. The van der Waals surface area contributed by atoms with Crippen molar-refractivity contribution in [1.29, 1.82) is 0 Å². The van der Waals surface area contributed by atoms with Crippen LogP contribution < -0.4 is 0 Å². The summed E-state index contributed by atoms with van der Waals surface area (Å²) in [6, 6.07) is -0.264. The predicted octanol–water partition coefficient (Wildman–Crippen LogP) is 1.74. The van der Waals surface area contributed by atoms with E-state index in [0.717, 1.165) is 39.0 Å². The van der Waals surface area contributed by atoms with E-state index < -0.39 is 5.97 Å². The van der Waals surface area contributed by atoms with E-state index in [1.807, 2.05) is 6.92 Å². The molecule has 0 aromatic carbocycles. The second-order valence-corrected chi connectivity index (χ2v) is 5.36. The molecule has 2 rings (SSSR count). The first-order chi connectivity index (χ1) is 8.18. The molecule has 2 heterocycles. The average molecular weight is 241 g/mol. The largest absolute Gasteiger partial charge is 0.480 e. The van der Waals surface area contributed by atoms with E-state index in [4.69, 9.17) is 4.74 Å². The molecule has 2 aliphatic rings. The topological polar surface area (TPSA) is 49.8 Å². The molecular formula is C13H23NO3. The molecule has 98 valence electrons. The van der Waals surface area contributed by atoms with Crippen LogP contribution in [0, 0.1) is 5.92 Å². The second kappa shape index (κ2) is 5.83. The normalized spacial score (nSPS) is 34.3. The van der Waals surface area contributed by atoms with E-state index in [0.29, 0.717) is 6.10 Å². The summed E-state index contributed by atoms with van der Waals surface area (Å²) in [6.07, 6.45) is 5.94. The third kappa shape index (κ3) is 3.19. The van der Waals surface area contributed by atoms with Gasteiger partial charge in [0.15, 0.2) is 0 Å². The van der Waals surface area contributed by atoms with Crippen molar-refractivity contribution in [2.45, 2.75) is 51.2 Å². The van der Waals surface area contributed by atoms with Gasteiger partial charge in [-0.1, -0.05) is 6.92 Å². The van der Waals surface area contributed by atoms with Gasteiger partial charge in [0.1, 0.15) is 6.04 Å². The van der Waals surface area contributed by atoms with Crippen LogP contribution in [0.4, 0.5) is 0 Å². The maximum Gasteiger partial charge on any atom is 0.321 e. The maximum absolute atomic E-state index is 11.2. The van der Waals surface area contributed by atoms with Gasteiger partial charge < -0.3 is 9.84 Å². The van der Waals surface area contributed by atoms with Crippen molar-refractivity contribution in [3.63, 3.8) is 0 Å². The van der Waals surface area contributed by atoms with Crippen molar-refractivity contribution in [3.8, 4) is 0 Å². The minimum Gasteiger partial charge on any atom is -0.480 e. The van der Waals surface area contributed by atoms with Crippen molar-refractivity contribution < 1.29 is 14.6 Å². The van der Waals surface area contributed by atoms with Gasteiger partial charge in [-0.25, -0.2) is 0 Å². The van der Waals surface area contributed by atoms with Crippen LogP contribution in [0.1, 0.15) is 39.0 Å². The van der Waals surface area contributed by atoms with Gasteiger partial charge in [-0.2, -0.15) is 0 Å². The number of hydrogen-bond acceptors (Lipinski definition) is 3. The molecule has 0 saturated carbocycles. The average Bonchev–Trinajstić information content (AvgIpc) is 2.88. The van der Waals surface area contributed by atoms with E-state index in [1.165, 1.54) is 12.8 Å². The van der Waals surface area contributed by atoms with Crippen LogP contribution in [0.25, 0.3) is 0 Å². The van der Waals surface area contributed by atoms with Crippen LogP contribution in [0.15, 0.2) is 0 Å². The Balaban J connectivity index is 1.72. The summed E-state index contributed by atoms with van der Waals surface area (Å²) in [6.45, 7) is 4.78. The molecule has 0 amide bonds. The fourth-order valence-corrected chi connectivity index (χ4v) is 3.07. The molecule has 4 nitrogen and oxygen atoms in total. The number of hydrogen-bond donors (Lipinski definition) is 1. The maximum atomic E-state index is 11.2. The van der Waals surface area contributed by atoms with Gasteiger partial charge in [-0.05, 0) is 51.1 Å². The number of carboxylic acid groups (broad SMARTS) is 1. The third-order valence-corrected chi connectivity index (χ3v) is 4.05. The van der Waals surface area contributed by atoms with Crippen molar-refractivity contribution in [2.75, 3.05) is 19.7 Å². The molecule has 2 aliphatic heterocycles. The fourth-order valence-electron chi connectivity index (χ4n) is 3.07. The summed E-state index contributed by atoms with van der Waals surface area (Å²) >= 11 is 0. The quantitative estimate of drug-likeness (QED) is 0.796. The number of nitrogens with zero attached hydrogens (tertiary/aromatic N) is 1. The molecule has 4 heteroatoms. The zero-order valence-electron chi connectivity index (χ0n) is 10.6. The predicted molar refractivity (Wildman–Crippen MR) is 65.0 cm³/mol. The lowest BCUT2D eigenvalue weighted by atomic mass is 10.0. The summed E-state index contributed by atoms with van der Waals surface area (Å²) in [5, 5.41) is 9.20. The van der Waals surface area contributed by atoms with E-state index >= 15 is 0 Å². The number of likely N-dealkylation sites (tertiary alicyclic amines) is 1. The Labute approximate surface area is 103 Å². The first-order valence-electron chi connectivity index (χ1n) is 6.77. The van der Waals surface area contributed by atoms with Crippen LogP contribution in [0.3, 0.4) is 0 Å². The van der Waals surface area contributed by atoms with Gasteiger partial charge in [0, 0.05) is 6.61 Å². The standard InChI is InChI=1S/C13H23NO3/c1-10-6-8-14(12(10)13(15)16)7-2-4-11-5-3-9-17-11/h10-12H,2-9H2,1H3,(H,15,16). The van der Waals surface area contributed by atoms with Gasteiger partial charge >= 0.3 is 5.97 Å². The summed E-state index contributed by atoms with van der Waals surface area (Å²) in [5.41, 5.74) is 0. The summed E-state index contributed by atoms with van der Waals surface area (Å²) < 4.78 is 5.58. The van der Waals surface area contributed by atoms with E-state index in [1.54, 1.807) is 0 Å². The molecule has 3 unspecified atom stereocenters. The molecule has 17 heavy (non-hydrogen) atoms. The number of aliphatic carboxylic acids is 1. The third-order valence-electron chi connectivity index (χ3n) is 4.05. The van der Waals surface area contributed by atoms with E-state index in [2.05, 4.69) is 4.90 Å². The first-order valence-corrected chi connectivity index (χ1v) is 6.77. The Bertz CT molecular complexity index is 263. The smallest absolute Gasteiger partial charge is 0.321 e. The molecule has 0 bridgehead atoms. The van der Waals surface area contributed by atoms with Crippen molar-refractivity contribution in [3.05, 3.63) is 0 Å². The van der Waals surface area contributed by atoms with Crippen molar-refractivity contribution >= 4 is 5.97 Å². The van der Waals surface area contributed by atoms with Crippen molar-refractivity contribution in [1.82, 2.24) is 4.90 Å². The highest BCUT2D eigenvalue weighted by molar-refractivity contribution is 5.74. The van der Waals surface area contributed by atoms with Crippen LogP contribution in [-0.4, -0.2) is 47.8 Å². The Morgan fingerprint density at radius 3 is 2.94 bits per heavy atom. The van der Waals surface area contributed by atoms with Gasteiger partial charge in [0.25, 0.3) is 0 Å². The summed E-state index contributed by atoms with van der Waals surface area (Å²) in [5.74, 6) is -0.373. The number of ether oxygens (including phenoxy) is 1. The number of carbonyl (C=O) groups is 1. The highest BCUT2D eigenvalue weighted by atomic mass is 16.5. The fraction of sp³-hybridized carbons (Fsp3) is 0.923. The molecule has 2 saturated heterocycles. The van der Waals surface area contributed by atoms with Crippen LogP contribution in [0.2, 0.25) is 0 Å². The molecule has 3 atom stereocenters. The zero-order valence-corrected chi connectivity index (χ0v) is 10.6. The minimum absolute atomic E-state index is 0.264. The molecule has 0 aromatic rings. The van der Waals surface area contributed by atoms with Crippen LogP contribution in [0.5, 0.6) is 0 Å². The van der Waals surface area contributed by atoms with Crippen LogP contribution in [-0.2, 0) is 9.53 Å². The second-order valence-electron chi connectivity index (χ2n) is 5.36. The van der Waals surface area contributed by atoms with Gasteiger partial charge in [-0.15, -0.1) is 0 Å². The molecule has 0 radical (unpaired) electrons. The highest BCUT2D eigenvalue weighted by Crippen LogP contribution is 2.25. The first kappa shape index (κ1) is 12.8. The molecule has 0 aliphatic carbocycles. The SMILES string of the molecule is CC1CCN(CCCC2CCCO2)C1C(=O)O. The number of rotatable bonds is 5. The number of carboxylic acids is 1. The van der Waals surface area contributed by atoms with Gasteiger partial charge in [0.05, 0.1) is 6.10 Å². The minimum atomic E-state index is -0.660. The lowest BCUT2D eigenvalue weighted by Gasteiger charge is -2.23. The Morgan fingerprint density at radius 1 is 1.47 bits per heavy atom. The van der Waals surface area contributed by atoms with Crippen LogP contribution >= 0.6 is 0 Å². The summed E-state index contributed by atoms with van der Waals surface area (Å²) in [7, 11) is 0. The lowest BCUT2D eigenvalue weighted by molar-refractivity contribution is -0.143. The van der Waals surface area contributed by atoms with Gasteiger partial charge in [-0.3, -0.25) is 9.69 Å². The van der Waals surface area contributed by atoms with E-state index in [-0.39, 0.29) is 12.0 Å². The Kier molecular flexibility index (Phi) is 4.40. The Morgan fingerprint density at radius 2 is 2.29 bits per heavy atom.